The van der Waals surface area contributed by atoms with Crippen molar-refractivity contribution >= 4 is 33.3 Å². The number of anilines is 2. The zero-order chi connectivity index (χ0) is 19.4. The monoisotopic (exact) mass is 428 g/mol. The number of halogens is 1. The number of nitrogens with zero attached hydrogens (tertiary/aromatic N) is 3. The van der Waals surface area contributed by atoms with E-state index in [1.54, 1.807) is 31.5 Å². The Hall–Kier alpha value is -3.00. The lowest BCUT2D eigenvalue weighted by Crippen LogP contribution is -2.29. The maximum Gasteiger partial charge on any atom is 0.356 e. The Kier molecular flexibility index (Phi) is 5.66. The first-order chi connectivity index (χ1) is 13.0. The van der Waals surface area contributed by atoms with E-state index in [1.807, 2.05) is 24.3 Å². The molecule has 27 heavy (non-hydrogen) atoms. The van der Waals surface area contributed by atoms with E-state index in [-0.39, 0.29) is 29.9 Å². The standard InChI is InChI=1S/C19H17BrN4O3/c1-2-24-18(25)16(22-13-7-5-9-21-11-13)14(17(23-24)19(26)27)10-12-6-3-4-8-15(12)20/h3-9,11,22H,2,10H2,1H3,(H,26,27). The number of pyridine rings is 1. The number of carboxylic acids is 1. The van der Waals surface area contributed by atoms with E-state index in [0.29, 0.717) is 11.3 Å². The summed E-state index contributed by atoms with van der Waals surface area (Å²) in [5.74, 6) is -1.19. The van der Waals surface area contributed by atoms with Crippen LogP contribution in [0.15, 0.2) is 58.1 Å². The van der Waals surface area contributed by atoms with E-state index >= 15 is 0 Å². The number of hydrogen-bond acceptors (Lipinski definition) is 5. The smallest absolute Gasteiger partial charge is 0.356 e. The molecule has 0 spiro atoms. The molecule has 0 atom stereocenters. The number of aromatic nitrogens is 3. The second-order valence-corrected chi connectivity index (χ2v) is 6.62. The Morgan fingerprint density at radius 3 is 2.67 bits per heavy atom. The molecule has 0 radical (unpaired) electrons. The van der Waals surface area contributed by atoms with Gasteiger partial charge in [-0.2, -0.15) is 5.10 Å². The van der Waals surface area contributed by atoms with Crippen molar-refractivity contribution in [2.45, 2.75) is 19.9 Å². The molecule has 2 heterocycles. The van der Waals surface area contributed by atoms with Crippen molar-refractivity contribution in [1.29, 1.82) is 0 Å². The Morgan fingerprint density at radius 1 is 1.26 bits per heavy atom. The first-order valence-corrected chi connectivity index (χ1v) is 9.08. The van der Waals surface area contributed by atoms with Gasteiger partial charge in [-0.25, -0.2) is 9.48 Å². The van der Waals surface area contributed by atoms with Crippen molar-refractivity contribution in [3.05, 3.63) is 80.4 Å². The molecule has 138 valence electrons. The van der Waals surface area contributed by atoms with Crippen LogP contribution in [-0.4, -0.2) is 25.8 Å². The van der Waals surface area contributed by atoms with Gasteiger partial charge < -0.3 is 10.4 Å². The molecule has 0 aliphatic rings. The number of carbonyl (C=O) groups is 1. The largest absolute Gasteiger partial charge is 0.476 e. The molecule has 0 saturated carbocycles. The molecule has 3 aromatic rings. The number of nitrogens with one attached hydrogen (secondary N) is 1. The van der Waals surface area contributed by atoms with E-state index in [9.17, 15) is 14.7 Å². The van der Waals surface area contributed by atoms with Crippen LogP contribution in [0.25, 0.3) is 0 Å². The second kappa shape index (κ2) is 8.13. The summed E-state index contributed by atoms with van der Waals surface area (Å²) >= 11 is 3.47. The van der Waals surface area contributed by atoms with Gasteiger partial charge in [-0.05, 0) is 30.7 Å². The van der Waals surface area contributed by atoms with Crippen molar-refractivity contribution < 1.29 is 9.90 Å². The second-order valence-electron chi connectivity index (χ2n) is 5.76. The highest BCUT2D eigenvalue weighted by Crippen LogP contribution is 2.26. The summed E-state index contributed by atoms with van der Waals surface area (Å²) in [5.41, 5.74) is 1.42. The van der Waals surface area contributed by atoms with Gasteiger partial charge in [0, 0.05) is 29.2 Å². The molecule has 0 fully saturated rings. The Bertz CT molecular complexity index is 1030. The number of benzene rings is 1. The summed E-state index contributed by atoms with van der Waals surface area (Å²) < 4.78 is 1.97. The van der Waals surface area contributed by atoms with Crippen molar-refractivity contribution in [1.82, 2.24) is 14.8 Å². The lowest BCUT2D eigenvalue weighted by atomic mass is 10.0. The van der Waals surface area contributed by atoms with Crippen LogP contribution in [0.5, 0.6) is 0 Å². The molecule has 1 aromatic carbocycles. The molecule has 0 unspecified atom stereocenters. The third kappa shape index (κ3) is 4.06. The van der Waals surface area contributed by atoms with Crippen molar-refractivity contribution in [3.8, 4) is 0 Å². The average Bonchev–Trinajstić information content (AvgIpc) is 2.67. The molecule has 0 aliphatic heterocycles. The minimum Gasteiger partial charge on any atom is -0.476 e. The van der Waals surface area contributed by atoms with E-state index < -0.39 is 5.97 Å². The topological polar surface area (TPSA) is 97.1 Å². The molecule has 2 aromatic heterocycles. The highest BCUT2D eigenvalue weighted by molar-refractivity contribution is 9.10. The van der Waals surface area contributed by atoms with E-state index in [4.69, 9.17) is 0 Å². The van der Waals surface area contributed by atoms with E-state index in [1.165, 1.54) is 0 Å². The number of hydrogen-bond donors (Lipinski definition) is 2. The third-order valence-electron chi connectivity index (χ3n) is 4.01. The summed E-state index contributed by atoms with van der Waals surface area (Å²) in [4.78, 5) is 28.8. The van der Waals surface area contributed by atoms with Gasteiger partial charge in [-0.15, -0.1) is 0 Å². The number of aryl methyl sites for hydroxylation is 1. The van der Waals surface area contributed by atoms with Gasteiger partial charge in [-0.3, -0.25) is 9.78 Å². The highest BCUT2D eigenvalue weighted by Gasteiger charge is 2.22. The van der Waals surface area contributed by atoms with Gasteiger partial charge in [0.2, 0.25) is 0 Å². The maximum atomic E-state index is 12.9. The van der Waals surface area contributed by atoms with Crippen LogP contribution in [0.1, 0.15) is 28.5 Å². The van der Waals surface area contributed by atoms with Crippen LogP contribution in [0.2, 0.25) is 0 Å². The predicted molar refractivity (Wildman–Crippen MR) is 106 cm³/mol. The molecular weight excluding hydrogens is 412 g/mol. The predicted octanol–water partition coefficient (Wildman–Crippen LogP) is 3.45. The van der Waals surface area contributed by atoms with Crippen LogP contribution in [0.4, 0.5) is 11.4 Å². The summed E-state index contributed by atoms with van der Waals surface area (Å²) in [6.45, 7) is 2.00. The minimum atomic E-state index is -1.19. The van der Waals surface area contributed by atoms with E-state index in [2.05, 4.69) is 31.3 Å². The minimum absolute atomic E-state index is 0.154. The van der Waals surface area contributed by atoms with Crippen molar-refractivity contribution in [2.75, 3.05) is 5.32 Å². The third-order valence-corrected chi connectivity index (χ3v) is 4.79. The zero-order valence-electron chi connectivity index (χ0n) is 14.5. The summed E-state index contributed by atoms with van der Waals surface area (Å²) in [5, 5.41) is 16.8. The van der Waals surface area contributed by atoms with Crippen LogP contribution >= 0.6 is 15.9 Å². The quantitative estimate of drug-likeness (QED) is 0.623. The summed E-state index contributed by atoms with van der Waals surface area (Å²) in [6.07, 6.45) is 3.42. The fourth-order valence-electron chi connectivity index (χ4n) is 2.70. The molecule has 0 saturated heterocycles. The molecule has 0 bridgehead atoms. The molecule has 7 nitrogen and oxygen atoms in total. The lowest BCUT2D eigenvalue weighted by Gasteiger charge is -2.16. The first-order valence-electron chi connectivity index (χ1n) is 8.29. The van der Waals surface area contributed by atoms with E-state index in [0.717, 1.165) is 14.7 Å². The lowest BCUT2D eigenvalue weighted by molar-refractivity contribution is 0.0686. The summed E-state index contributed by atoms with van der Waals surface area (Å²) in [7, 11) is 0. The Morgan fingerprint density at radius 2 is 2.04 bits per heavy atom. The SMILES string of the molecule is CCn1nc(C(=O)O)c(Cc2ccccc2Br)c(Nc2cccnc2)c1=O. The van der Waals surface area contributed by atoms with Crippen LogP contribution in [0.3, 0.4) is 0 Å². The van der Waals surface area contributed by atoms with Crippen LogP contribution < -0.4 is 10.9 Å². The Labute approximate surface area is 163 Å². The van der Waals surface area contributed by atoms with Gasteiger partial charge >= 0.3 is 5.97 Å². The zero-order valence-corrected chi connectivity index (χ0v) is 16.1. The molecule has 0 aliphatic carbocycles. The fourth-order valence-corrected chi connectivity index (χ4v) is 3.13. The van der Waals surface area contributed by atoms with Crippen molar-refractivity contribution in [3.63, 3.8) is 0 Å². The van der Waals surface area contributed by atoms with Crippen LogP contribution in [-0.2, 0) is 13.0 Å². The fraction of sp³-hybridized carbons (Fsp3) is 0.158. The van der Waals surface area contributed by atoms with Crippen molar-refractivity contribution in [2.24, 2.45) is 0 Å². The molecular formula is C19H17BrN4O3. The highest BCUT2D eigenvalue weighted by atomic mass is 79.9. The normalized spacial score (nSPS) is 10.6. The molecule has 3 rings (SSSR count). The number of carboxylic acid groups (broad SMARTS) is 1. The van der Waals surface area contributed by atoms with Gasteiger partial charge in [0.05, 0.1) is 11.9 Å². The van der Waals surface area contributed by atoms with Crippen LogP contribution in [0, 0.1) is 0 Å². The Balaban J connectivity index is 2.21. The number of rotatable bonds is 6. The maximum absolute atomic E-state index is 12.9. The number of aromatic carboxylic acids is 1. The first kappa shape index (κ1) is 18.8. The van der Waals surface area contributed by atoms with Gasteiger partial charge in [-0.1, -0.05) is 34.1 Å². The van der Waals surface area contributed by atoms with Gasteiger partial charge in [0.25, 0.3) is 5.56 Å². The average molecular weight is 429 g/mol. The van der Waals surface area contributed by atoms with Gasteiger partial charge in [0.15, 0.2) is 5.69 Å². The van der Waals surface area contributed by atoms with Gasteiger partial charge in [0.1, 0.15) is 5.69 Å². The molecule has 2 N–H and O–H groups in total. The molecule has 0 amide bonds. The summed E-state index contributed by atoms with van der Waals surface area (Å²) in [6, 6.07) is 10.9. The molecule has 8 heteroatoms.